The van der Waals surface area contributed by atoms with E-state index in [1.807, 2.05) is 13.0 Å². The lowest BCUT2D eigenvalue weighted by Gasteiger charge is -2.15. The Labute approximate surface area is 118 Å². The van der Waals surface area contributed by atoms with Crippen molar-refractivity contribution in [1.29, 1.82) is 0 Å². The third-order valence-corrected chi connectivity index (χ3v) is 2.78. The number of oxime groups is 1. The molecule has 0 saturated heterocycles. The summed E-state index contributed by atoms with van der Waals surface area (Å²) in [5, 5.41) is 14.5. The van der Waals surface area contributed by atoms with E-state index in [4.69, 9.17) is 15.7 Å². The lowest BCUT2D eigenvalue weighted by atomic mass is 9.97. The predicted molar refractivity (Wildman–Crippen MR) is 76.7 cm³/mol. The second kappa shape index (κ2) is 8.92. The fourth-order valence-electron chi connectivity index (χ4n) is 1.79. The van der Waals surface area contributed by atoms with Gasteiger partial charge >= 0.3 is 0 Å². The Balaban J connectivity index is 2.63. The molecule has 1 amide bonds. The molecule has 0 radical (unpaired) electrons. The molecular weight excluding hydrogens is 258 g/mol. The second-order valence-electron chi connectivity index (χ2n) is 4.21. The number of ether oxygens (including phenoxy) is 1. The molecule has 0 fully saturated rings. The fourth-order valence-corrected chi connectivity index (χ4v) is 1.79. The van der Waals surface area contributed by atoms with Crippen molar-refractivity contribution in [2.24, 2.45) is 10.9 Å². The average molecular weight is 279 g/mol. The van der Waals surface area contributed by atoms with Crippen molar-refractivity contribution in [3.63, 3.8) is 0 Å². The van der Waals surface area contributed by atoms with Gasteiger partial charge in [0, 0.05) is 19.8 Å². The predicted octanol–water partition coefficient (Wildman–Crippen LogP) is 1.06. The zero-order valence-corrected chi connectivity index (χ0v) is 11.6. The van der Waals surface area contributed by atoms with Gasteiger partial charge in [0.15, 0.2) is 5.84 Å². The van der Waals surface area contributed by atoms with Crippen LogP contribution < -0.4 is 11.1 Å². The summed E-state index contributed by atoms with van der Waals surface area (Å²) in [5.74, 6) is -1.20. The summed E-state index contributed by atoms with van der Waals surface area (Å²) in [6, 6.07) is 8.97. The maximum atomic E-state index is 12.2. The first-order valence-electron chi connectivity index (χ1n) is 6.58. The summed E-state index contributed by atoms with van der Waals surface area (Å²) in [4.78, 5) is 12.2. The van der Waals surface area contributed by atoms with Crippen LogP contribution in [0.1, 0.15) is 24.8 Å². The molecule has 1 rings (SSSR count). The molecule has 0 aliphatic heterocycles. The molecule has 0 heterocycles. The van der Waals surface area contributed by atoms with Crippen LogP contribution in [0.3, 0.4) is 0 Å². The summed E-state index contributed by atoms with van der Waals surface area (Å²) >= 11 is 0. The number of hydrogen-bond donors (Lipinski definition) is 3. The molecule has 0 aliphatic rings. The van der Waals surface area contributed by atoms with Gasteiger partial charge < -0.3 is 21.0 Å². The van der Waals surface area contributed by atoms with Crippen LogP contribution in [-0.2, 0) is 9.53 Å². The van der Waals surface area contributed by atoms with Crippen molar-refractivity contribution in [3.05, 3.63) is 35.9 Å². The van der Waals surface area contributed by atoms with E-state index in [9.17, 15) is 4.79 Å². The number of carbonyl (C=O) groups excluding carboxylic acids is 1. The fraction of sp³-hybridized carbons (Fsp3) is 0.429. The van der Waals surface area contributed by atoms with E-state index in [0.29, 0.717) is 25.3 Å². The minimum atomic E-state index is -0.784. The molecule has 0 spiro atoms. The molecular formula is C14H21N3O3. The van der Waals surface area contributed by atoms with Crippen molar-refractivity contribution >= 4 is 11.7 Å². The van der Waals surface area contributed by atoms with E-state index in [1.165, 1.54) is 0 Å². The van der Waals surface area contributed by atoms with Gasteiger partial charge in [0.2, 0.25) is 5.91 Å². The summed E-state index contributed by atoms with van der Waals surface area (Å²) in [6.07, 6.45) is 0.720. The Morgan fingerprint density at radius 3 is 2.75 bits per heavy atom. The molecule has 1 atom stereocenters. The first kappa shape index (κ1) is 16.0. The maximum Gasteiger partial charge on any atom is 0.235 e. The van der Waals surface area contributed by atoms with E-state index in [0.717, 1.165) is 6.42 Å². The third-order valence-electron chi connectivity index (χ3n) is 2.78. The summed E-state index contributed by atoms with van der Waals surface area (Å²) in [6.45, 7) is 3.66. The number of nitrogens with zero attached hydrogens (tertiary/aromatic N) is 1. The second-order valence-corrected chi connectivity index (χ2v) is 4.21. The molecule has 110 valence electrons. The highest BCUT2D eigenvalue weighted by atomic mass is 16.5. The van der Waals surface area contributed by atoms with Crippen molar-refractivity contribution < 1.29 is 14.7 Å². The molecule has 20 heavy (non-hydrogen) atoms. The van der Waals surface area contributed by atoms with Crippen LogP contribution in [0.4, 0.5) is 0 Å². The minimum Gasteiger partial charge on any atom is -0.409 e. The van der Waals surface area contributed by atoms with E-state index < -0.39 is 5.92 Å². The number of benzene rings is 1. The minimum absolute atomic E-state index is 0.126. The quantitative estimate of drug-likeness (QED) is 0.218. The van der Waals surface area contributed by atoms with Gasteiger partial charge in [0.1, 0.15) is 5.92 Å². The van der Waals surface area contributed by atoms with Crippen molar-refractivity contribution in [1.82, 2.24) is 5.32 Å². The van der Waals surface area contributed by atoms with Crippen LogP contribution in [0.2, 0.25) is 0 Å². The molecule has 6 heteroatoms. The normalized spacial score (nSPS) is 12.9. The smallest absolute Gasteiger partial charge is 0.235 e. The topological polar surface area (TPSA) is 96.9 Å². The van der Waals surface area contributed by atoms with Crippen LogP contribution in [0.15, 0.2) is 35.5 Å². The number of hydrogen-bond acceptors (Lipinski definition) is 4. The van der Waals surface area contributed by atoms with E-state index in [1.54, 1.807) is 24.3 Å². The molecule has 0 bridgehead atoms. The molecule has 1 unspecified atom stereocenters. The van der Waals surface area contributed by atoms with Crippen LogP contribution >= 0.6 is 0 Å². The molecule has 1 aromatic carbocycles. The van der Waals surface area contributed by atoms with Crippen molar-refractivity contribution in [3.8, 4) is 0 Å². The van der Waals surface area contributed by atoms with Crippen LogP contribution in [0.5, 0.6) is 0 Å². The molecule has 4 N–H and O–H groups in total. The Morgan fingerprint density at radius 1 is 1.45 bits per heavy atom. The molecule has 6 nitrogen and oxygen atoms in total. The van der Waals surface area contributed by atoms with Gasteiger partial charge in [-0.2, -0.15) is 0 Å². The number of nitrogens with one attached hydrogen (secondary N) is 1. The van der Waals surface area contributed by atoms with Crippen LogP contribution in [-0.4, -0.2) is 36.7 Å². The van der Waals surface area contributed by atoms with E-state index in [2.05, 4.69) is 10.5 Å². The standard InChI is InChI=1S/C14H21N3O3/c1-2-20-10-6-9-16-14(18)12(13(15)17-19)11-7-4-3-5-8-11/h3-5,7-8,12,19H,2,6,9-10H2,1H3,(H2,15,17)(H,16,18). The first-order valence-corrected chi connectivity index (χ1v) is 6.58. The van der Waals surface area contributed by atoms with Gasteiger partial charge in [-0.25, -0.2) is 0 Å². The van der Waals surface area contributed by atoms with Gasteiger partial charge in [-0.15, -0.1) is 0 Å². The van der Waals surface area contributed by atoms with E-state index >= 15 is 0 Å². The number of amidine groups is 1. The third kappa shape index (κ3) is 4.89. The number of amides is 1. The van der Waals surface area contributed by atoms with Crippen molar-refractivity contribution in [2.75, 3.05) is 19.8 Å². The zero-order chi connectivity index (χ0) is 14.8. The summed E-state index contributed by atoms with van der Waals surface area (Å²) in [5.41, 5.74) is 6.30. The van der Waals surface area contributed by atoms with Gasteiger partial charge in [0.25, 0.3) is 0 Å². The van der Waals surface area contributed by atoms with Gasteiger partial charge in [-0.3, -0.25) is 4.79 Å². The number of carbonyl (C=O) groups is 1. The number of nitrogens with two attached hydrogens (primary N) is 1. The maximum absolute atomic E-state index is 12.2. The Hall–Kier alpha value is -2.08. The van der Waals surface area contributed by atoms with Crippen LogP contribution in [0.25, 0.3) is 0 Å². The number of rotatable bonds is 8. The molecule has 0 aliphatic carbocycles. The molecule has 0 saturated carbocycles. The lowest BCUT2D eigenvalue weighted by molar-refractivity contribution is -0.121. The van der Waals surface area contributed by atoms with Gasteiger partial charge in [-0.05, 0) is 18.9 Å². The summed E-state index contributed by atoms with van der Waals surface area (Å²) in [7, 11) is 0. The van der Waals surface area contributed by atoms with Gasteiger partial charge in [-0.1, -0.05) is 35.5 Å². The van der Waals surface area contributed by atoms with Crippen LogP contribution in [0, 0.1) is 0 Å². The summed E-state index contributed by atoms with van der Waals surface area (Å²) < 4.78 is 5.19. The Kier molecular flexibility index (Phi) is 7.13. The highest BCUT2D eigenvalue weighted by Gasteiger charge is 2.24. The Bertz CT molecular complexity index is 435. The zero-order valence-electron chi connectivity index (χ0n) is 11.6. The highest BCUT2D eigenvalue weighted by molar-refractivity contribution is 6.07. The molecule has 0 aromatic heterocycles. The molecule has 1 aromatic rings. The largest absolute Gasteiger partial charge is 0.409 e. The van der Waals surface area contributed by atoms with E-state index in [-0.39, 0.29) is 11.7 Å². The van der Waals surface area contributed by atoms with Crippen molar-refractivity contribution in [2.45, 2.75) is 19.3 Å². The SMILES string of the molecule is CCOCCCNC(=O)C(C(N)=NO)c1ccccc1. The average Bonchev–Trinajstić information content (AvgIpc) is 2.48. The lowest BCUT2D eigenvalue weighted by Crippen LogP contribution is -2.37. The van der Waals surface area contributed by atoms with Gasteiger partial charge in [0.05, 0.1) is 0 Å². The monoisotopic (exact) mass is 279 g/mol. The first-order chi connectivity index (χ1) is 9.70. The highest BCUT2D eigenvalue weighted by Crippen LogP contribution is 2.15. The Morgan fingerprint density at radius 2 is 2.15 bits per heavy atom.